The molecule has 0 aliphatic heterocycles. The van der Waals surface area contributed by atoms with Crippen LogP contribution in [-0.2, 0) is 16.4 Å². The van der Waals surface area contributed by atoms with E-state index in [1.54, 1.807) is 36.4 Å². The Balaban J connectivity index is 1.80. The number of halogens is 1. The lowest BCUT2D eigenvalue weighted by Gasteiger charge is -2.14. The molecule has 7 heteroatoms. The molecule has 1 aromatic heterocycles. The number of benzene rings is 2. The average molecular weight is 403 g/mol. The minimum absolute atomic E-state index is 0.0454. The topological polar surface area (TPSA) is 82.2 Å². The predicted octanol–water partition coefficient (Wildman–Crippen LogP) is 3.84. The van der Waals surface area contributed by atoms with Crippen LogP contribution in [0.3, 0.4) is 0 Å². The predicted molar refractivity (Wildman–Crippen MR) is 106 cm³/mol. The van der Waals surface area contributed by atoms with E-state index in [4.69, 9.17) is 16.7 Å². The van der Waals surface area contributed by atoms with Crippen molar-refractivity contribution in [2.75, 3.05) is 0 Å². The zero-order chi connectivity index (χ0) is 19.6. The Morgan fingerprint density at radius 3 is 2.30 bits per heavy atom. The second kappa shape index (κ2) is 7.68. The summed E-state index contributed by atoms with van der Waals surface area (Å²) in [5, 5.41) is 5.73. The largest absolute Gasteiger partial charge is 0.321 e. The molecular weight excluding hydrogens is 384 g/mol. The van der Waals surface area contributed by atoms with Crippen molar-refractivity contribution in [3.8, 4) is 5.69 Å². The number of carbonyl (C=O) groups is 1. The van der Waals surface area contributed by atoms with Crippen LogP contribution in [0.4, 0.5) is 0 Å². The van der Waals surface area contributed by atoms with Crippen molar-refractivity contribution in [1.82, 2.24) is 4.57 Å². The van der Waals surface area contributed by atoms with Crippen molar-refractivity contribution in [3.05, 3.63) is 83.1 Å². The first kappa shape index (κ1) is 19.4. The highest BCUT2D eigenvalue weighted by molar-refractivity contribution is 7.89. The fraction of sp³-hybridized carbons (Fsp3) is 0.150. The van der Waals surface area contributed by atoms with Crippen LogP contribution >= 0.6 is 11.6 Å². The number of hydrogen-bond donors (Lipinski definition) is 1. The van der Waals surface area contributed by atoms with E-state index in [9.17, 15) is 13.2 Å². The fourth-order valence-corrected chi connectivity index (χ4v) is 3.58. The molecule has 0 radical (unpaired) electrons. The van der Waals surface area contributed by atoms with Crippen LogP contribution in [0.2, 0.25) is 5.02 Å². The van der Waals surface area contributed by atoms with Crippen molar-refractivity contribution in [2.45, 2.75) is 18.2 Å². The molecule has 3 rings (SSSR count). The van der Waals surface area contributed by atoms with Crippen molar-refractivity contribution in [2.24, 2.45) is 11.1 Å². The molecule has 0 spiro atoms. The number of nitrogens with two attached hydrogens (primary N) is 1. The molecule has 0 saturated carbocycles. The minimum atomic E-state index is -3.73. The van der Waals surface area contributed by atoms with Gasteiger partial charge in [0, 0.05) is 34.1 Å². The van der Waals surface area contributed by atoms with Crippen molar-refractivity contribution < 1.29 is 13.2 Å². The second-order valence-corrected chi connectivity index (χ2v) is 8.38. The minimum Gasteiger partial charge on any atom is -0.321 e. The number of nitrogens with zero attached hydrogens (tertiary/aromatic N) is 1. The maximum absolute atomic E-state index is 12.7. The first-order chi connectivity index (χ1) is 12.8. The van der Waals surface area contributed by atoms with Gasteiger partial charge in [0.15, 0.2) is 5.78 Å². The van der Waals surface area contributed by atoms with E-state index in [0.717, 1.165) is 11.4 Å². The number of sulfonamides is 1. The molecule has 1 unspecified atom stereocenters. The van der Waals surface area contributed by atoms with Gasteiger partial charge in [0.2, 0.25) is 10.0 Å². The van der Waals surface area contributed by atoms with Crippen molar-refractivity contribution in [1.29, 1.82) is 0 Å². The maximum atomic E-state index is 12.7. The van der Waals surface area contributed by atoms with Gasteiger partial charge in [0.05, 0.1) is 4.90 Å². The monoisotopic (exact) mass is 402 g/mol. The third-order valence-electron chi connectivity index (χ3n) is 4.37. The highest BCUT2D eigenvalue weighted by Gasteiger charge is 2.18. The molecule has 27 heavy (non-hydrogen) atoms. The molecule has 2 N–H and O–H groups in total. The average Bonchev–Trinajstić information content (AvgIpc) is 3.09. The summed E-state index contributed by atoms with van der Waals surface area (Å²) in [6, 6.07) is 17.0. The van der Waals surface area contributed by atoms with Crippen LogP contribution in [0, 0.1) is 5.92 Å². The molecule has 0 aliphatic carbocycles. The maximum Gasteiger partial charge on any atom is 0.238 e. The summed E-state index contributed by atoms with van der Waals surface area (Å²) in [6.07, 6.45) is 2.42. The Hall–Kier alpha value is -2.41. The molecule has 1 atom stereocenters. The number of rotatable bonds is 6. The first-order valence-corrected chi connectivity index (χ1v) is 10.3. The fourth-order valence-electron chi connectivity index (χ4n) is 2.94. The van der Waals surface area contributed by atoms with Gasteiger partial charge in [0.25, 0.3) is 0 Å². The summed E-state index contributed by atoms with van der Waals surface area (Å²) < 4.78 is 24.7. The SMILES string of the molecule is CC(Cc1cccn1-c1ccc(S(N)(=O)=O)cc1)C(=O)c1ccc(Cl)cc1. The smallest absolute Gasteiger partial charge is 0.238 e. The number of aromatic nitrogens is 1. The molecule has 0 saturated heterocycles. The lowest BCUT2D eigenvalue weighted by Crippen LogP contribution is -2.16. The normalized spacial score (nSPS) is 12.7. The van der Waals surface area contributed by atoms with Gasteiger partial charge >= 0.3 is 0 Å². The van der Waals surface area contributed by atoms with Crippen molar-refractivity contribution in [3.63, 3.8) is 0 Å². The van der Waals surface area contributed by atoms with Crippen LogP contribution in [-0.4, -0.2) is 18.8 Å². The van der Waals surface area contributed by atoms with Crippen LogP contribution in [0.25, 0.3) is 5.69 Å². The first-order valence-electron chi connectivity index (χ1n) is 8.35. The zero-order valence-corrected chi connectivity index (χ0v) is 16.2. The molecule has 0 aliphatic rings. The zero-order valence-electron chi connectivity index (χ0n) is 14.7. The van der Waals surface area contributed by atoms with Gasteiger partial charge in [-0.15, -0.1) is 0 Å². The second-order valence-electron chi connectivity index (χ2n) is 6.38. The van der Waals surface area contributed by atoms with Gasteiger partial charge in [-0.2, -0.15) is 0 Å². The quantitative estimate of drug-likeness (QED) is 0.636. The van der Waals surface area contributed by atoms with Crippen LogP contribution in [0.15, 0.2) is 71.8 Å². The summed E-state index contributed by atoms with van der Waals surface area (Å²) in [6.45, 7) is 1.89. The van der Waals surface area contributed by atoms with E-state index < -0.39 is 10.0 Å². The molecule has 3 aromatic rings. The van der Waals surface area contributed by atoms with E-state index in [1.807, 2.05) is 29.8 Å². The Labute approximate surface area is 163 Å². The van der Waals surface area contributed by atoms with Gasteiger partial charge in [-0.05, 0) is 67.1 Å². The van der Waals surface area contributed by atoms with E-state index in [1.165, 1.54) is 12.1 Å². The van der Waals surface area contributed by atoms with Crippen LogP contribution < -0.4 is 5.14 Å². The molecule has 140 valence electrons. The molecule has 0 bridgehead atoms. The van der Waals surface area contributed by atoms with E-state index in [0.29, 0.717) is 17.0 Å². The third-order valence-corrected chi connectivity index (χ3v) is 5.55. The molecule has 1 heterocycles. The van der Waals surface area contributed by atoms with Crippen molar-refractivity contribution >= 4 is 27.4 Å². The Kier molecular flexibility index (Phi) is 5.51. The highest BCUT2D eigenvalue weighted by atomic mass is 35.5. The Bertz CT molecular complexity index is 1060. The van der Waals surface area contributed by atoms with Gasteiger partial charge < -0.3 is 4.57 Å². The molecule has 5 nitrogen and oxygen atoms in total. The number of ketones is 1. The van der Waals surface area contributed by atoms with Crippen LogP contribution in [0.1, 0.15) is 23.0 Å². The number of primary sulfonamides is 1. The lowest BCUT2D eigenvalue weighted by atomic mass is 9.95. The third kappa shape index (κ3) is 4.47. The highest BCUT2D eigenvalue weighted by Crippen LogP contribution is 2.20. The van der Waals surface area contributed by atoms with Gasteiger partial charge in [0.1, 0.15) is 0 Å². The van der Waals surface area contributed by atoms with E-state index >= 15 is 0 Å². The Morgan fingerprint density at radius 2 is 1.70 bits per heavy atom. The summed E-state index contributed by atoms with van der Waals surface area (Å²) in [5.41, 5.74) is 2.38. The number of hydrogen-bond acceptors (Lipinski definition) is 3. The lowest BCUT2D eigenvalue weighted by molar-refractivity contribution is 0.0928. The van der Waals surface area contributed by atoms with E-state index in [-0.39, 0.29) is 16.6 Å². The molecule has 2 aromatic carbocycles. The standard InChI is InChI=1S/C20H19ClN2O3S/c1-14(20(24)15-4-6-16(21)7-5-15)13-18-3-2-12-23(18)17-8-10-19(11-9-17)27(22,25)26/h2-12,14H,13H2,1H3,(H2,22,25,26). The molecule has 0 fully saturated rings. The Morgan fingerprint density at radius 1 is 1.07 bits per heavy atom. The summed E-state index contributed by atoms with van der Waals surface area (Å²) in [4.78, 5) is 12.7. The van der Waals surface area contributed by atoms with Gasteiger partial charge in [-0.3, -0.25) is 4.79 Å². The van der Waals surface area contributed by atoms with Gasteiger partial charge in [-0.1, -0.05) is 18.5 Å². The van der Waals surface area contributed by atoms with Crippen LogP contribution in [0.5, 0.6) is 0 Å². The summed E-state index contributed by atoms with van der Waals surface area (Å²) in [5.74, 6) is -0.174. The molecular formula is C20H19ClN2O3S. The van der Waals surface area contributed by atoms with E-state index in [2.05, 4.69) is 0 Å². The van der Waals surface area contributed by atoms with Gasteiger partial charge in [-0.25, -0.2) is 13.6 Å². The number of Topliss-reactive ketones (excluding diaryl/α,β-unsaturated/α-hetero) is 1. The molecule has 0 amide bonds. The summed E-state index contributed by atoms with van der Waals surface area (Å²) >= 11 is 5.88. The number of carbonyl (C=O) groups excluding carboxylic acids is 1. The summed E-state index contributed by atoms with van der Waals surface area (Å²) in [7, 11) is -3.73.